The van der Waals surface area contributed by atoms with E-state index in [1.165, 1.54) is 0 Å². The topological polar surface area (TPSA) is 51.6 Å². The third-order valence-corrected chi connectivity index (χ3v) is 3.54. The number of fused-ring (bicyclic) bond motifs is 1. The van der Waals surface area contributed by atoms with Crippen molar-refractivity contribution < 1.29 is 9.53 Å². The number of halogens is 1. The Hall–Kier alpha value is -2.01. The number of methoxy groups -OCH3 is 1. The third kappa shape index (κ3) is 2.36. The second kappa shape index (κ2) is 5.17. The van der Waals surface area contributed by atoms with Crippen LogP contribution in [0.1, 0.15) is 22.3 Å². The van der Waals surface area contributed by atoms with Gasteiger partial charge in [0.25, 0.3) is 0 Å². The fourth-order valence-corrected chi connectivity index (χ4v) is 2.44. The number of hydrogen-bond donors (Lipinski definition) is 0. The van der Waals surface area contributed by atoms with Gasteiger partial charge in [-0.1, -0.05) is 12.1 Å². The van der Waals surface area contributed by atoms with E-state index in [2.05, 4.69) is 25.9 Å². The van der Waals surface area contributed by atoms with Crippen molar-refractivity contribution in [2.45, 2.75) is 6.42 Å². The summed E-state index contributed by atoms with van der Waals surface area (Å²) in [5, 5.41) is 0. The van der Waals surface area contributed by atoms with Crippen LogP contribution in [0.4, 0.5) is 5.82 Å². The summed E-state index contributed by atoms with van der Waals surface area (Å²) in [6, 6.07) is 9.29. The van der Waals surface area contributed by atoms with Crippen LogP contribution < -0.4 is 4.74 Å². The third-order valence-electron chi connectivity index (χ3n) is 3.11. The highest BCUT2D eigenvalue weighted by atomic mass is 79.9. The predicted molar refractivity (Wildman–Crippen MR) is 80.1 cm³/mol. The average Bonchev–Trinajstić information content (AvgIpc) is 2.48. The lowest BCUT2D eigenvalue weighted by Crippen LogP contribution is -2.15. The quantitative estimate of drug-likeness (QED) is 0.845. The van der Waals surface area contributed by atoms with Crippen LogP contribution in [0.15, 0.2) is 46.0 Å². The monoisotopic (exact) mass is 330 g/mol. The smallest absolute Gasteiger partial charge is 0.172 e. The number of ketones is 1. The molecule has 2 heterocycles. The van der Waals surface area contributed by atoms with Gasteiger partial charge in [0, 0.05) is 16.2 Å². The number of ether oxygens (including phenoxy) is 1. The summed E-state index contributed by atoms with van der Waals surface area (Å²) in [7, 11) is 1.61. The zero-order chi connectivity index (χ0) is 14.1. The molecule has 0 saturated carbocycles. The zero-order valence-corrected chi connectivity index (χ0v) is 12.3. The van der Waals surface area contributed by atoms with Crippen LogP contribution >= 0.6 is 15.9 Å². The fourth-order valence-electron chi connectivity index (χ4n) is 2.11. The molecule has 2 aromatic rings. The van der Waals surface area contributed by atoms with Gasteiger partial charge in [-0.25, -0.2) is 9.98 Å². The highest BCUT2D eigenvalue weighted by Crippen LogP contribution is 2.28. The van der Waals surface area contributed by atoms with E-state index in [4.69, 9.17) is 4.74 Å². The summed E-state index contributed by atoms with van der Waals surface area (Å²) >= 11 is 3.32. The van der Waals surface area contributed by atoms with Crippen molar-refractivity contribution in [3.8, 4) is 5.75 Å². The summed E-state index contributed by atoms with van der Waals surface area (Å²) in [4.78, 5) is 20.9. The fraction of sp³-hybridized carbons (Fsp3) is 0.133. The number of aliphatic imine (C=N–C) groups is 1. The van der Waals surface area contributed by atoms with Gasteiger partial charge in [-0.05, 0) is 34.1 Å². The molecule has 0 aliphatic carbocycles. The van der Waals surface area contributed by atoms with Crippen LogP contribution in [0.25, 0.3) is 0 Å². The molecule has 0 saturated heterocycles. The molecule has 4 nitrogen and oxygen atoms in total. The van der Waals surface area contributed by atoms with Gasteiger partial charge in [0.1, 0.15) is 5.75 Å². The normalized spacial score (nSPS) is 13.7. The van der Waals surface area contributed by atoms with Crippen LogP contribution in [0.3, 0.4) is 0 Å². The number of nitrogens with zero attached hydrogens (tertiary/aromatic N) is 2. The predicted octanol–water partition coefficient (Wildman–Crippen LogP) is 3.56. The van der Waals surface area contributed by atoms with E-state index >= 15 is 0 Å². The molecular weight excluding hydrogens is 320 g/mol. The Morgan fingerprint density at radius 2 is 2.15 bits per heavy atom. The van der Waals surface area contributed by atoms with Crippen molar-refractivity contribution in [2.24, 2.45) is 4.99 Å². The molecule has 1 aliphatic rings. The largest absolute Gasteiger partial charge is 0.497 e. The SMILES string of the molecule is COc1cccc(C2=Nc3ncc(Br)cc3C(=O)C2)c1. The summed E-state index contributed by atoms with van der Waals surface area (Å²) < 4.78 is 5.98. The number of rotatable bonds is 2. The minimum absolute atomic E-state index is 0.0293. The van der Waals surface area contributed by atoms with E-state index in [1.807, 2.05) is 24.3 Å². The molecule has 0 amide bonds. The van der Waals surface area contributed by atoms with Gasteiger partial charge in [0.05, 0.1) is 24.8 Å². The molecule has 3 rings (SSSR count). The molecule has 0 N–H and O–H groups in total. The lowest BCUT2D eigenvalue weighted by atomic mass is 9.98. The maximum Gasteiger partial charge on any atom is 0.172 e. The van der Waals surface area contributed by atoms with Gasteiger partial charge in [0.2, 0.25) is 0 Å². The Kier molecular flexibility index (Phi) is 3.36. The number of benzene rings is 1. The highest BCUT2D eigenvalue weighted by Gasteiger charge is 2.22. The summed E-state index contributed by atoms with van der Waals surface area (Å²) in [5.74, 6) is 1.25. The van der Waals surface area contributed by atoms with E-state index in [0.717, 1.165) is 21.5 Å². The van der Waals surface area contributed by atoms with Crippen molar-refractivity contribution >= 4 is 33.2 Å². The van der Waals surface area contributed by atoms with E-state index in [-0.39, 0.29) is 12.2 Å². The minimum Gasteiger partial charge on any atom is -0.497 e. The lowest BCUT2D eigenvalue weighted by Gasteiger charge is -2.14. The van der Waals surface area contributed by atoms with Gasteiger partial charge in [-0.3, -0.25) is 4.79 Å². The minimum atomic E-state index is 0.0293. The Morgan fingerprint density at radius 3 is 2.95 bits per heavy atom. The Balaban J connectivity index is 2.07. The number of Topliss-reactive ketones (excluding diaryl/α,β-unsaturated/α-hetero) is 1. The number of pyridine rings is 1. The van der Waals surface area contributed by atoms with Crippen molar-refractivity contribution in [3.05, 3.63) is 52.1 Å². The van der Waals surface area contributed by atoms with Crippen LogP contribution in [-0.4, -0.2) is 23.6 Å². The molecule has 0 bridgehead atoms. The lowest BCUT2D eigenvalue weighted by molar-refractivity contribution is 0.0999. The number of aromatic nitrogens is 1. The first-order chi connectivity index (χ1) is 9.67. The molecule has 20 heavy (non-hydrogen) atoms. The molecule has 1 aromatic carbocycles. The van der Waals surface area contributed by atoms with Crippen LogP contribution in [-0.2, 0) is 0 Å². The molecule has 0 fully saturated rings. The average molecular weight is 331 g/mol. The molecule has 1 aliphatic heterocycles. The molecular formula is C15H11BrN2O2. The maximum absolute atomic E-state index is 12.2. The number of hydrogen-bond acceptors (Lipinski definition) is 4. The van der Waals surface area contributed by atoms with Crippen molar-refractivity contribution in [3.63, 3.8) is 0 Å². The first-order valence-electron chi connectivity index (χ1n) is 6.08. The van der Waals surface area contributed by atoms with Crippen molar-refractivity contribution in [1.82, 2.24) is 4.98 Å². The summed E-state index contributed by atoms with van der Waals surface area (Å²) in [6.45, 7) is 0. The van der Waals surface area contributed by atoms with Crippen LogP contribution in [0.5, 0.6) is 5.75 Å². The molecule has 100 valence electrons. The first-order valence-corrected chi connectivity index (χ1v) is 6.87. The molecule has 0 atom stereocenters. The first kappa shape index (κ1) is 13.0. The summed E-state index contributed by atoms with van der Waals surface area (Å²) in [6.07, 6.45) is 1.92. The van der Waals surface area contributed by atoms with E-state index in [9.17, 15) is 4.79 Å². The van der Waals surface area contributed by atoms with Gasteiger partial charge in [-0.2, -0.15) is 0 Å². The summed E-state index contributed by atoms with van der Waals surface area (Å²) in [5.41, 5.74) is 2.16. The molecule has 0 radical (unpaired) electrons. The molecule has 0 spiro atoms. The Labute approximate surface area is 124 Å². The maximum atomic E-state index is 12.2. The molecule has 0 unspecified atom stereocenters. The number of carbonyl (C=O) groups is 1. The molecule has 5 heteroatoms. The van der Waals surface area contributed by atoms with E-state index in [0.29, 0.717) is 11.4 Å². The van der Waals surface area contributed by atoms with Crippen LogP contribution in [0.2, 0.25) is 0 Å². The van der Waals surface area contributed by atoms with E-state index in [1.54, 1.807) is 19.4 Å². The van der Waals surface area contributed by atoms with Gasteiger partial charge < -0.3 is 4.74 Å². The highest BCUT2D eigenvalue weighted by molar-refractivity contribution is 9.10. The van der Waals surface area contributed by atoms with Gasteiger partial charge >= 0.3 is 0 Å². The van der Waals surface area contributed by atoms with Gasteiger partial charge in [-0.15, -0.1) is 0 Å². The zero-order valence-electron chi connectivity index (χ0n) is 10.8. The Morgan fingerprint density at radius 1 is 1.30 bits per heavy atom. The van der Waals surface area contributed by atoms with Crippen molar-refractivity contribution in [2.75, 3.05) is 7.11 Å². The number of carbonyl (C=O) groups excluding carboxylic acids is 1. The van der Waals surface area contributed by atoms with Gasteiger partial charge in [0.15, 0.2) is 11.6 Å². The van der Waals surface area contributed by atoms with Crippen molar-refractivity contribution in [1.29, 1.82) is 0 Å². The second-order valence-corrected chi connectivity index (χ2v) is 5.33. The van der Waals surface area contributed by atoms with Crippen LogP contribution in [0, 0.1) is 0 Å². The molecule has 1 aromatic heterocycles. The Bertz CT molecular complexity index is 726. The van der Waals surface area contributed by atoms with E-state index < -0.39 is 0 Å². The standard InChI is InChI=1S/C15H11BrN2O2/c1-20-11-4-2-3-9(5-11)13-7-14(19)12-6-10(16)8-17-15(12)18-13/h2-6,8H,7H2,1H3. The second-order valence-electron chi connectivity index (χ2n) is 4.42.